The Bertz CT molecular complexity index is 842. The van der Waals surface area contributed by atoms with Gasteiger partial charge in [0.1, 0.15) is 5.75 Å². The Labute approximate surface area is 162 Å². The summed E-state index contributed by atoms with van der Waals surface area (Å²) in [5, 5.41) is 1.22. The quantitative estimate of drug-likeness (QED) is 0.638. The van der Waals surface area contributed by atoms with E-state index in [-0.39, 0.29) is 4.90 Å². The summed E-state index contributed by atoms with van der Waals surface area (Å²) < 4.78 is 32.4. The largest absolute Gasteiger partial charge is 0.496 e. The number of methoxy groups -OCH3 is 1. The molecule has 1 N–H and O–H groups in total. The number of thioether (sulfide) groups is 1. The zero-order valence-corrected chi connectivity index (χ0v) is 17.0. The van der Waals surface area contributed by atoms with Gasteiger partial charge in [-0.3, -0.25) is 0 Å². The summed E-state index contributed by atoms with van der Waals surface area (Å²) in [6.45, 7) is 2.15. The van der Waals surface area contributed by atoms with Crippen molar-refractivity contribution >= 4 is 45.0 Å². The fourth-order valence-electron chi connectivity index (χ4n) is 2.17. The van der Waals surface area contributed by atoms with E-state index >= 15 is 0 Å². The third-order valence-electron chi connectivity index (χ3n) is 3.49. The van der Waals surface area contributed by atoms with E-state index < -0.39 is 10.0 Å². The number of benzene rings is 2. The van der Waals surface area contributed by atoms with Crippen LogP contribution in [0.15, 0.2) is 41.3 Å². The lowest BCUT2D eigenvalue weighted by atomic mass is 10.2. The Balaban J connectivity index is 1.85. The maximum atomic E-state index is 12.3. The van der Waals surface area contributed by atoms with Crippen molar-refractivity contribution in [3.63, 3.8) is 0 Å². The van der Waals surface area contributed by atoms with Gasteiger partial charge in [0.15, 0.2) is 0 Å². The van der Waals surface area contributed by atoms with E-state index in [0.29, 0.717) is 33.8 Å². The minimum Gasteiger partial charge on any atom is -0.496 e. The van der Waals surface area contributed by atoms with Crippen LogP contribution in [0.25, 0.3) is 0 Å². The molecule has 2 aromatic carbocycles. The molecule has 0 spiro atoms. The van der Waals surface area contributed by atoms with Crippen molar-refractivity contribution < 1.29 is 13.2 Å². The van der Waals surface area contributed by atoms with E-state index in [1.807, 2.05) is 13.0 Å². The van der Waals surface area contributed by atoms with E-state index in [0.717, 1.165) is 11.1 Å². The van der Waals surface area contributed by atoms with E-state index in [1.54, 1.807) is 43.1 Å². The molecule has 0 atom stereocenters. The first-order chi connectivity index (χ1) is 11.8. The van der Waals surface area contributed by atoms with Crippen LogP contribution >= 0.6 is 35.0 Å². The van der Waals surface area contributed by atoms with Gasteiger partial charge < -0.3 is 4.74 Å². The van der Waals surface area contributed by atoms with Gasteiger partial charge in [-0.2, -0.15) is 11.8 Å². The zero-order valence-electron chi connectivity index (χ0n) is 13.9. The zero-order chi connectivity index (χ0) is 18.4. The van der Waals surface area contributed by atoms with Crippen LogP contribution in [0.4, 0.5) is 0 Å². The summed E-state index contributed by atoms with van der Waals surface area (Å²) >= 11 is 13.6. The van der Waals surface area contributed by atoms with Crippen molar-refractivity contribution in [2.75, 3.05) is 19.4 Å². The van der Waals surface area contributed by atoms with Gasteiger partial charge >= 0.3 is 0 Å². The van der Waals surface area contributed by atoms with Crippen molar-refractivity contribution in [3.05, 3.63) is 57.6 Å². The second kappa shape index (κ2) is 9.14. The second-order valence-electron chi connectivity index (χ2n) is 5.32. The molecule has 0 aliphatic heterocycles. The van der Waals surface area contributed by atoms with E-state index in [2.05, 4.69) is 4.72 Å². The van der Waals surface area contributed by atoms with E-state index in [9.17, 15) is 8.42 Å². The maximum absolute atomic E-state index is 12.3. The van der Waals surface area contributed by atoms with Crippen molar-refractivity contribution in [2.24, 2.45) is 0 Å². The number of rotatable bonds is 8. The smallest absolute Gasteiger partial charge is 0.240 e. The van der Waals surface area contributed by atoms with Gasteiger partial charge in [-0.15, -0.1) is 0 Å². The van der Waals surface area contributed by atoms with Gasteiger partial charge in [-0.05, 0) is 48.4 Å². The molecule has 0 saturated carbocycles. The normalized spacial score (nSPS) is 11.5. The predicted molar refractivity (Wildman–Crippen MR) is 106 cm³/mol. The molecule has 136 valence electrons. The minimum atomic E-state index is -3.53. The number of halogens is 2. The summed E-state index contributed by atoms with van der Waals surface area (Å²) in [5.74, 6) is 1.99. The molecule has 0 bridgehead atoms. The number of hydrogen-bond acceptors (Lipinski definition) is 4. The number of ether oxygens (including phenoxy) is 1. The topological polar surface area (TPSA) is 55.4 Å². The summed E-state index contributed by atoms with van der Waals surface area (Å²) in [5.41, 5.74) is 1.75. The lowest BCUT2D eigenvalue weighted by molar-refractivity contribution is 0.411. The van der Waals surface area contributed by atoms with Gasteiger partial charge in [0.05, 0.1) is 12.0 Å². The molecule has 0 unspecified atom stereocenters. The van der Waals surface area contributed by atoms with Crippen molar-refractivity contribution in [1.29, 1.82) is 0 Å². The van der Waals surface area contributed by atoms with E-state index in [4.69, 9.17) is 27.9 Å². The van der Waals surface area contributed by atoms with E-state index in [1.165, 1.54) is 6.07 Å². The molecular formula is C17H19Cl2NO3S2. The Morgan fingerprint density at radius 3 is 2.56 bits per heavy atom. The predicted octanol–water partition coefficient (Wildman–Crippen LogP) is 4.52. The third-order valence-corrected chi connectivity index (χ3v) is 6.54. The van der Waals surface area contributed by atoms with Crippen LogP contribution < -0.4 is 9.46 Å². The lowest BCUT2D eigenvalue weighted by Gasteiger charge is -2.10. The van der Waals surface area contributed by atoms with Crippen molar-refractivity contribution in [2.45, 2.75) is 17.6 Å². The van der Waals surface area contributed by atoms with Crippen LogP contribution in [-0.4, -0.2) is 27.8 Å². The number of sulfonamides is 1. The van der Waals surface area contributed by atoms with Crippen LogP contribution in [0.3, 0.4) is 0 Å². The Morgan fingerprint density at radius 1 is 1.16 bits per heavy atom. The van der Waals surface area contributed by atoms with Crippen LogP contribution in [0.1, 0.15) is 11.1 Å². The van der Waals surface area contributed by atoms with Gasteiger partial charge in [-0.25, -0.2) is 13.1 Å². The molecule has 0 aliphatic rings. The van der Waals surface area contributed by atoms with Crippen LogP contribution in [-0.2, 0) is 15.8 Å². The van der Waals surface area contributed by atoms with Gasteiger partial charge in [0.2, 0.25) is 10.0 Å². The molecule has 2 aromatic rings. The molecule has 0 fully saturated rings. The highest BCUT2D eigenvalue weighted by atomic mass is 35.5. The molecule has 0 radical (unpaired) electrons. The average Bonchev–Trinajstić information content (AvgIpc) is 2.56. The highest BCUT2D eigenvalue weighted by Crippen LogP contribution is 2.25. The van der Waals surface area contributed by atoms with Crippen LogP contribution in [0.5, 0.6) is 5.75 Å². The Kier molecular flexibility index (Phi) is 7.46. The summed E-state index contributed by atoms with van der Waals surface area (Å²) in [7, 11) is -1.97. The highest BCUT2D eigenvalue weighted by molar-refractivity contribution is 7.98. The van der Waals surface area contributed by atoms with Gasteiger partial charge in [0.25, 0.3) is 0 Å². The fraction of sp³-hybridized carbons (Fsp3) is 0.294. The monoisotopic (exact) mass is 419 g/mol. The first kappa shape index (κ1) is 20.4. The molecule has 0 saturated heterocycles. The first-order valence-corrected chi connectivity index (χ1v) is 10.9. The van der Waals surface area contributed by atoms with Gasteiger partial charge in [0, 0.05) is 28.1 Å². The molecule has 0 amide bonds. The van der Waals surface area contributed by atoms with Gasteiger partial charge in [-0.1, -0.05) is 29.3 Å². The molecule has 8 heteroatoms. The number of nitrogens with one attached hydrogen (secondary N) is 1. The summed E-state index contributed by atoms with van der Waals surface area (Å²) in [6, 6.07) is 10.2. The maximum Gasteiger partial charge on any atom is 0.240 e. The molecular weight excluding hydrogens is 401 g/mol. The summed E-state index contributed by atoms with van der Waals surface area (Å²) in [6.07, 6.45) is 0. The standard InChI is InChI=1S/C17H19Cl2NO3S2/c1-12-9-15(5-6-17(12)23-2)25(21,22)20-7-8-24-11-13-3-4-14(18)10-16(13)19/h3-6,9-10,20H,7-8,11H2,1-2H3. The van der Waals surface area contributed by atoms with Crippen LogP contribution in [0, 0.1) is 6.92 Å². The number of aryl methyl sites for hydroxylation is 1. The minimum absolute atomic E-state index is 0.233. The Hall–Kier alpha value is -0.920. The molecule has 0 heterocycles. The van der Waals surface area contributed by atoms with Crippen molar-refractivity contribution in [3.8, 4) is 5.75 Å². The Morgan fingerprint density at radius 2 is 1.92 bits per heavy atom. The summed E-state index contributed by atoms with van der Waals surface area (Å²) in [4.78, 5) is 0.233. The molecule has 4 nitrogen and oxygen atoms in total. The lowest BCUT2D eigenvalue weighted by Crippen LogP contribution is -2.26. The molecule has 2 rings (SSSR count). The first-order valence-electron chi connectivity index (χ1n) is 7.49. The average molecular weight is 420 g/mol. The number of hydrogen-bond donors (Lipinski definition) is 1. The van der Waals surface area contributed by atoms with Crippen LogP contribution in [0.2, 0.25) is 10.0 Å². The highest BCUT2D eigenvalue weighted by Gasteiger charge is 2.14. The molecule has 25 heavy (non-hydrogen) atoms. The molecule has 0 aliphatic carbocycles. The SMILES string of the molecule is COc1ccc(S(=O)(=O)NCCSCc2ccc(Cl)cc2Cl)cc1C. The molecule has 0 aromatic heterocycles. The second-order valence-corrected chi connectivity index (χ2v) is 9.03. The third kappa shape index (κ3) is 5.79. The fourth-order valence-corrected chi connectivity index (χ4v) is 4.83. The van der Waals surface area contributed by atoms with Crippen molar-refractivity contribution in [1.82, 2.24) is 4.72 Å².